The van der Waals surface area contributed by atoms with Crippen LogP contribution in [0.25, 0.3) is 0 Å². The van der Waals surface area contributed by atoms with Crippen molar-refractivity contribution in [2.75, 3.05) is 31.1 Å². The predicted octanol–water partition coefficient (Wildman–Crippen LogP) is 0.866. The minimum absolute atomic E-state index is 0.0101. The molecule has 1 heterocycles. The number of piperidine rings is 1. The monoisotopic (exact) mass is 247 g/mol. The largest absolute Gasteiger partial charge is 0.302 e. The zero-order valence-electron chi connectivity index (χ0n) is 9.94. The van der Waals surface area contributed by atoms with E-state index in [4.69, 9.17) is 0 Å². The molecule has 0 spiro atoms. The normalized spacial score (nSPS) is 18.6. The lowest BCUT2D eigenvalue weighted by Gasteiger charge is -2.26. The highest BCUT2D eigenvalue weighted by Crippen LogP contribution is 2.08. The average Bonchev–Trinajstić information content (AvgIpc) is 2.26. The molecular weight excluding hydrogens is 226 g/mol. The third kappa shape index (κ3) is 5.61. The summed E-state index contributed by atoms with van der Waals surface area (Å²) < 4.78 is 23.2. The smallest absolute Gasteiger partial charge is 0.152 e. The van der Waals surface area contributed by atoms with Crippen molar-refractivity contribution < 1.29 is 13.2 Å². The maximum atomic E-state index is 11.6. The molecule has 0 radical (unpaired) electrons. The topological polar surface area (TPSA) is 54.5 Å². The Kier molecular flexibility index (Phi) is 5.41. The fourth-order valence-corrected chi connectivity index (χ4v) is 3.19. The van der Waals surface area contributed by atoms with Gasteiger partial charge in [0.15, 0.2) is 9.84 Å². The Hall–Kier alpha value is -0.420. The molecule has 0 aromatic heterocycles. The van der Waals surface area contributed by atoms with Crippen LogP contribution >= 0.6 is 0 Å². The van der Waals surface area contributed by atoms with Gasteiger partial charge in [0, 0.05) is 13.0 Å². The molecule has 16 heavy (non-hydrogen) atoms. The van der Waals surface area contributed by atoms with Gasteiger partial charge in [0.2, 0.25) is 0 Å². The van der Waals surface area contributed by atoms with Gasteiger partial charge < -0.3 is 4.90 Å². The molecule has 0 aromatic carbocycles. The van der Waals surface area contributed by atoms with Crippen LogP contribution in [0.5, 0.6) is 0 Å². The standard InChI is InChI=1S/C11H21NO3S/c1-11(13)5-9-16(14,15)10-8-12-6-3-2-4-7-12/h2-10H2,1H3. The Bertz CT molecular complexity index is 318. The molecule has 1 rings (SSSR count). The van der Waals surface area contributed by atoms with Crippen molar-refractivity contribution in [3.8, 4) is 0 Å². The van der Waals surface area contributed by atoms with E-state index in [2.05, 4.69) is 4.90 Å². The van der Waals surface area contributed by atoms with Gasteiger partial charge in [-0.05, 0) is 32.9 Å². The molecule has 0 aliphatic carbocycles. The second-order valence-electron chi connectivity index (χ2n) is 4.51. The van der Waals surface area contributed by atoms with Crippen molar-refractivity contribution in [3.63, 3.8) is 0 Å². The molecular formula is C11H21NO3S. The van der Waals surface area contributed by atoms with Crippen LogP contribution < -0.4 is 0 Å². The first-order chi connectivity index (χ1) is 7.49. The summed E-state index contributed by atoms with van der Waals surface area (Å²) in [5.41, 5.74) is 0. The number of Topliss-reactive ketones (excluding diaryl/α,β-unsaturated/α-hetero) is 1. The number of ketones is 1. The van der Waals surface area contributed by atoms with E-state index in [1.807, 2.05) is 0 Å². The highest BCUT2D eigenvalue weighted by atomic mass is 32.2. The van der Waals surface area contributed by atoms with Crippen LogP contribution in [-0.4, -0.2) is 50.2 Å². The van der Waals surface area contributed by atoms with Crippen LogP contribution in [0.2, 0.25) is 0 Å². The summed E-state index contributed by atoms with van der Waals surface area (Å²) in [5, 5.41) is 0. The van der Waals surface area contributed by atoms with Gasteiger partial charge in [0.1, 0.15) is 5.78 Å². The van der Waals surface area contributed by atoms with E-state index in [0.29, 0.717) is 6.54 Å². The predicted molar refractivity (Wildman–Crippen MR) is 64.2 cm³/mol. The minimum atomic E-state index is -3.04. The molecule has 4 nitrogen and oxygen atoms in total. The van der Waals surface area contributed by atoms with E-state index in [9.17, 15) is 13.2 Å². The summed E-state index contributed by atoms with van der Waals surface area (Å²) >= 11 is 0. The average molecular weight is 247 g/mol. The third-order valence-corrected chi connectivity index (χ3v) is 4.56. The molecule has 0 saturated carbocycles. The van der Waals surface area contributed by atoms with Crippen LogP contribution in [-0.2, 0) is 14.6 Å². The maximum absolute atomic E-state index is 11.6. The zero-order chi connectivity index (χ0) is 12.0. The van der Waals surface area contributed by atoms with Crippen molar-refractivity contribution in [1.29, 1.82) is 0 Å². The SMILES string of the molecule is CC(=O)CCS(=O)(=O)CCN1CCCCC1. The molecule has 0 aromatic rings. The number of nitrogens with zero attached hydrogens (tertiary/aromatic N) is 1. The van der Waals surface area contributed by atoms with E-state index in [0.717, 1.165) is 13.1 Å². The first kappa shape index (κ1) is 13.6. The molecule has 1 saturated heterocycles. The lowest BCUT2D eigenvalue weighted by atomic mass is 10.1. The van der Waals surface area contributed by atoms with Gasteiger partial charge >= 0.3 is 0 Å². The lowest BCUT2D eigenvalue weighted by Crippen LogP contribution is -2.34. The molecule has 0 bridgehead atoms. The summed E-state index contributed by atoms with van der Waals surface area (Å²) in [6, 6.07) is 0. The Labute approximate surface area is 97.9 Å². The van der Waals surface area contributed by atoms with Gasteiger partial charge in [-0.25, -0.2) is 8.42 Å². The Morgan fingerprint density at radius 2 is 1.75 bits per heavy atom. The Morgan fingerprint density at radius 1 is 1.12 bits per heavy atom. The molecule has 94 valence electrons. The van der Waals surface area contributed by atoms with Gasteiger partial charge in [-0.15, -0.1) is 0 Å². The summed E-state index contributed by atoms with van der Waals surface area (Å²) in [6.07, 6.45) is 3.76. The first-order valence-corrected chi connectivity index (χ1v) is 7.74. The van der Waals surface area contributed by atoms with Crippen LogP contribution in [0.15, 0.2) is 0 Å². The summed E-state index contributed by atoms with van der Waals surface area (Å²) in [7, 11) is -3.04. The van der Waals surface area contributed by atoms with Crippen molar-refractivity contribution in [1.82, 2.24) is 4.90 Å². The minimum Gasteiger partial charge on any atom is -0.302 e. The quantitative estimate of drug-likeness (QED) is 0.699. The van der Waals surface area contributed by atoms with E-state index >= 15 is 0 Å². The van der Waals surface area contributed by atoms with Crippen LogP contribution in [0.4, 0.5) is 0 Å². The lowest BCUT2D eigenvalue weighted by molar-refractivity contribution is -0.116. The van der Waals surface area contributed by atoms with Crippen molar-refractivity contribution in [2.24, 2.45) is 0 Å². The van der Waals surface area contributed by atoms with E-state index in [1.165, 1.54) is 26.2 Å². The van der Waals surface area contributed by atoms with Gasteiger partial charge in [-0.1, -0.05) is 6.42 Å². The number of carbonyl (C=O) groups is 1. The number of hydrogen-bond acceptors (Lipinski definition) is 4. The van der Waals surface area contributed by atoms with E-state index < -0.39 is 9.84 Å². The number of sulfone groups is 1. The highest BCUT2D eigenvalue weighted by molar-refractivity contribution is 7.91. The summed E-state index contributed by atoms with van der Waals surface area (Å²) in [6.45, 7) is 4.09. The fourth-order valence-electron chi connectivity index (χ4n) is 1.85. The maximum Gasteiger partial charge on any atom is 0.152 e. The Morgan fingerprint density at radius 3 is 2.31 bits per heavy atom. The number of hydrogen-bond donors (Lipinski definition) is 0. The molecule has 0 atom stereocenters. The van der Waals surface area contributed by atoms with Crippen molar-refractivity contribution in [2.45, 2.75) is 32.6 Å². The fraction of sp³-hybridized carbons (Fsp3) is 0.909. The molecule has 0 N–H and O–H groups in total. The number of carbonyl (C=O) groups excluding carboxylic acids is 1. The summed E-state index contributed by atoms with van der Waals surface area (Å²) in [4.78, 5) is 12.9. The van der Waals surface area contributed by atoms with Crippen LogP contribution in [0, 0.1) is 0 Å². The molecule has 5 heteroatoms. The second-order valence-corrected chi connectivity index (χ2v) is 6.81. The Balaban J connectivity index is 2.26. The second kappa shape index (κ2) is 6.35. The molecule has 1 aliphatic heterocycles. The molecule has 0 unspecified atom stereocenters. The van der Waals surface area contributed by atoms with Crippen LogP contribution in [0.1, 0.15) is 32.6 Å². The van der Waals surface area contributed by atoms with Crippen molar-refractivity contribution in [3.05, 3.63) is 0 Å². The highest BCUT2D eigenvalue weighted by Gasteiger charge is 2.16. The van der Waals surface area contributed by atoms with E-state index in [-0.39, 0.29) is 23.7 Å². The third-order valence-electron chi connectivity index (χ3n) is 2.93. The molecule has 0 amide bonds. The van der Waals surface area contributed by atoms with Crippen LogP contribution in [0.3, 0.4) is 0 Å². The number of rotatable bonds is 6. The zero-order valence-corrected chi connectivity index (χ0v) is 10.8. The van der Waals surface area contributed by atoms with Crippen molar-refractivity contribution >= 4 is 15.6 Å². The summed E-state index contributed by atoms with van der Waals surface area (Å²) in [5.74, 6) is 0.151. The van der Waals surface area contributed by atoms with Gasteiger partial charge in [0.25, 0.3) is 0 Å². The molecule has 1 aliphatic rings. The first-order valence-electron chi connectivity index (χ1n) is 5.92. The molecule has 1 fully saturated rings. The van der Waals surface area contributed by atoms with Gasteiger partial charge in [-0.3, -0.25) is 4.79 Å². The van der Waals surface area contributed by atoms with Gasteiger partial charge in [0.05, 0.1) is 11.5 Å². The van der Waals surface area contributed by atoms with Gasteiger partial charge in [-0.2, -0.15) is 0 Å². The number of likely N-dealkylation sites (tertiary alicyclic amines) is 1. The van der Waals surface area contributed by atoms with E-state index in [1.54, 1.807) is 0 Å².